The van der Waals surface area contributed by atoms with Crippen molar-refractivity contribution in [1.29, 1.82) is 0 Å². The molecule has 1 aromatic heterocycles. The molecule has 0 aliphatic rings. The van der Waals surface area contributed by atoms with Crippen LogP contribution >= 0.6 is 0 Å². The molecule has 0 saturated carbocycles. The van der Waals surface area contributed by atoms with Gasteiger partial charge in [-0.2, -0.15) is 4.98 Å². The largest absolute Gasteiger partial charge is 0.504 e. The topological polar surface area (TPSA) is 157 Å². The van der Waals surface area contributed by atoms with Crippen molar-refractivity contribution in [2.45, 2.75) is 16.7 Å². The second-order valence-electron chi connectivity index (χ2n) is 5.19. The summed E-state index contributed by atoms with van der Waals surface area (Å²) in [7, 11) is -4.31. The van der Waals surface area contributed by atoms with Crippen LogP contribution in [0.25, 0.3) is 11.5 Å². The van der Waals surface area contributed by atoms with Gasteiger partial charge in [0, 0.05) is 6.07 Å². The van der Waals surface area contributed by atoms with E-state index in [4.69, 9.17) is 4.52 Å². The van der Waals surface area contributed by atoms with Gasteiger partial charge in [-0.1, -0.05) is 23.4 Å². The van der Waals surface area contributed by atoms with E-state index in [0.717, 1.165) is 0 Å². The van der Waals surface area contributed by atoms with E-state index >= 15 is 0 Å². The lowest BCUT2D eigenvalue weighted by atomic mass is 10.1. The smallest absolute Gasteiger partial charge is 0.328 e. The standard InChI is InChI=1S/C15H11N3O7S/c1-8-16-15(25-17-8)12-11(7-10(19)14(20)13(12)18(21)22)26(23,24)9-5-3-2-4-6-9/h2-7,19-20H,1H3. The number of benzene rings is 2. The van der Waals surface area contributed by atoms with E-state index < -0.39 is 48.3 Å². The molecule has 0 bridgehead atoms. The van der Waals surface area contributed by atoms with Crippen LogP contribution in [0.4, 0.5) is 5.69 Å². The van der Waals surface area contributed by atoms with Crippen LogP contribution in [0.1, 0.15) is 5.82 Å². The molecule has 10 nitrogen and oxygen atoms in total. The fourth-order valence-corrected chi connectivity index (χ4v) is 3.83. The molecule has 1 heterocycles. The Morgan fingerprint density at radius 2 is 1.85 bits per heavy atom. The van der Waals surface area contributed by atoms with Crippen LogP contribution in [-0.2, 0) is 9.84 Å². The molecule has 134 valence electrons. The minimum Gasteiger partial charge on any atom is -0.504 e. The van der Waals surface area contributed by atoms with E-state index in [9.17, 15) is 28.7 Å². The van der Waals surface area contributed by atoms with E-state index in [-0.39, 0.29) is 10.7 Å². The summed E-state index contributed by atoms with van der Waals surface area (Å²) in [5.74, 6) is -2.44. The van der Waals surface area contributed by atoms with E-state index in [1.807, 2.05) is 0 Å². The van der Waals surface area contributed by atoms with Crippen molar-refractivity contribution in [3.63, 3.8) is 0 Å². The van der Waals surface area contributed by atoms with Crippen LogP contribution < -0.4 is 0 Å². The average molecular weight is 377 g/mol. The van der Waals surface area contributed by atoms with E-state index in [2.05, 4.69) is 10.1 Å². The fourth-order valence-electron chi connectivity index (χ4n) is 2.34. The van der Waals surface area contributed by atoms with Crippen molar-refractivity contribution in [3.05, 3.63) is 52.3 Å². The molecule has 0 saturated heterocycles. The van der Waals surface area contributed by atoms with Gasteiger partial charge in [0.1, 0.15) is 5.56 Å². The van der Waals surface area contributed by atoms with Crippen molar-refractivity contribution < 1.29 is 28.1 Å². The average Bonchev–Trinajstić information content (AvgIpc) is 3.03. The zero-order chi connectivity index (χ0) is 19.1. The van der Waals surface area contributed by atoms with E-state index in [1.54, 1.807) is 6.07 Å². The van der Waals surface area contributed by atoms with Crippen molar-refractivity contribution in [2.24, 2.45) is 0 Å². The third kappa shape index (κ3) is 2.73. The van der Waals surface area contributed by atoms with Gasteiger partial charge in [-0.3, -0.25) is 10.1 Å². The third-order valence-electron chi connectivity index (χ3n) is 3.48. The minimum absolute atomic E-state index is 0.102. The number of aromatic nitrogens is 2. The van der Waals surface area contributed by atoms with Crippen LogP contribution in [0.15, 0.2) is 50.7 Å². The number of sulfone groups is 1. The lowest BCUT2D eigenvalue weighted by Gasteiger charge is -2.11. The SMILES string of the molecule is Cc1noc(-c2c(S(=O)(=O)c3ccccc3)cc(O)c(O)c2[N+](=O)[O-])n1. The highest BCUT2D eigenvalue weighted by atomic mass is 32.2. The first-order valence-electron chi connectivity index (χ1n) is 7.07. The van der Waals surface area contributed by atoms with Gasteiger partial charge in [-0.25, -0.2) is 8.42 Å². The highest BCUT2D eigenvalue weighted by Gasteiger charge is 2.36. The Morgan fingerprint density at radius 3 is 2.38 bits per heavy atom. The summed E-state index contributed by atoms with van der Waals surface area (Å²) in [4.78, 5) is 13.4. The maximum absolute atomic E-state index is 13.0. The highest BCUT2D eigenvalue weighted by molar-refractivity contribution is 7.91. The first-order chi connectivity index (χ1) is 12.2. The van der Waals surface area contributed by atoms with Gasteiger partial charge >= 0.3 is 5.69 Å². The molecule has 0 atom stereocenters. The quantitative estimate of drug-likeness (QED) is 0.395. The third-order valence-corrected chi connectivity index (χ3v) is 5.28. The maximum atomic E-state index is 13.0. The number of aryl methyl sites for hydroxylation is 1. The molecular weight excluding hydrogens is 366 g/mol. The molecule has 0 amide bonds. The predicted molar refractivity (Wildman–Crippen MR) is 86.3 cm³/mol. The number of aromatic hydroxyl groups is 2. The van der Waals surface area contributed by atoms with Crippen molar-refractivity contribution in [2.75, 3.05) is 0 Å². The van der Waals surface area contributed by atoms with E-state index in [0.29, 0.717) is 6.07 Å². The van der Waals surface area contributed by atoms with Crippen LogP contribution in [-0.4, -0.2) is 33.7 Å². The molecule has 26 heavy (non-hydrogen) atoms. The molecule has 3 aromatic rings. The Hall–Kier alpha value is -3.47. The summed E-state index contributed by atoms with van der Waals surface area (Å²) < 4.78 is 30.8. The summed E-state index contributed by atoms with van der Waals surface area (Å²) in [6.07, 6.45) is 0. The van der Waals surface area contributed by atoms with Crippen LogP contribution in [0, 0.1) is 17.0 Å². The molecule has 11 heteroatoms. The maximum Gasteiger partial charge on any atom is 0.328 e. The Balaban J connectivity index is 2.45. The zero-order valence-corrected chi connectivity index (χ0v) is 14.0. The lowest BCUT2D eigenvalue weighted by Crippen LogP contribution is -2.06. The van der Waals surface area contributed by atoms with Gasteiger partial charge in [0.25, 0.3) is 5.89 Å². The summed E-state index contributed by atoms with van der Waals surface area (Å²) in [6.45, 7) is 1.43. The Bertz CT molecular complexity index is 1110. The first-order valence-corrected chi connectivity index (χ1v) is 8.56. The van der Waals surface area contributed by atoms with Crippen LogP contribution in [0.2, 0.25) is 0 Å². The molecule has 0 spiro atoms. The molecule has 0 aliphatic carbocycles. The lowest BCUT2D eigenvalue weighted by molar-refractivity contribution is -0.385. The van der Waals surface area contributed by atoms with Crippen molar-refractivity contribution in [1.82, 2.24) is 10.1 Å². The molecule has 0 aliphatic heterocycles. The van der Waals surface area contributed by atoms with Gasteiger partial charge in [0.2, 0.25) is 15.6 Å². The highest BCUT2D eigenvalue weighted by Crippen LogP contribution is 2.47. The van der Waals surface area contributed by atoms with Gasteiger partial charge in [-0.15, -0.1) is 0 Å². The number of nitro groups is 1. The summed E-state index contributed by atoms with van der Waals surface area (Å²) in [5, 5.41) is 34.7. The van der Waals surface area contributed by atoms with Crippen LogP contribution in [0.3, 0.4) is 0 Å². The van der Waals surface area contributed by atoms with Gasteiger partial charge < -0.3 is 14.7 Å². The monoisotopic (exact) mass is 377 g/mol. The first kappa shape index (κ1) is 17.4. The number of hydrogen-bond donors (Lipinski definition) is 2. The Labute approximate surface area is 146 Å². The van der Waals surface area contributed by atoms with Gasteiger partial charge in [-0.05, 0) is 19.1 Å². The van der Waals surface area contributed by atoms with Gasteiger partial charge in [0.05, 0.1) is 14.7 Å². The molecule has 3 rings (SSSR count). The second kappa shape index (κ2) is 6.11. The molecule has 2 N–H and O–H groups in total. The molecular formula is C15H11N3O7S. The Kier molecular flexibility index (Phi) is 4.08. The summed E-state index contributed by atoms with van der Waals surface area (Å²) in [6, 6.07) is 7.82. The minimum atomic E-state index is -4.31. The fraction of sp³-hybridized carbons (Fsp3) is 0.0667. The Morgan fingerprint density at radius 1 is 1.19 bits per heavy atom. The zero-order valence-electron chi connectivity index (χ0n) is 13.1. The molecule has 0 unspecified atom stereocenters. The number of rotatable bonds is 4. The number of phenolic OH excluding ortho intramolecular Hbond substituents is 2. The summed E-state index contributed by atoms with van der Waals surface area (Å²) in [5.41, 5.74) is -1.65. The van der Waals surface area contributed by atoms with Crippen molar-refractivity contribution >= 4 is 15.5 Å². The number of hydrogen-bond acceptors (Lipinski definition) is 9. The number of phenols is 2. The van der Waals surface area contributed by atoms with Crippen LogP contribution in [0.5, 0.6) is 11.5 Å². The predicted octanol–water partition coefficient (Wildman–Crippen LogP) is 2.20. The van der Waals surface area contributed by atoms with Crippen molar-refractivity contribution in [3.8, 4) is 23.0 Å². The van der Waals surface area contributed by atoms with E-state index in [1.165, 1.54) is 31.2 Å². The molecule has 2 aromatic carbocycles. The number of nitro benzene ring substituents is 1. The summed E-state index contributed by atoms with van der Waals surface area (Å²) >= 11 is 0. The normalized spacial score (nSPS) is 11.4. The molecule has 0 radical (unpaired) electrons. The second-order valence-corrected chi connectivity index (χ2v) is 7.10. The number of nitrogens with zero attached hydrogens (tertiary/aromatic N) is 3. The van der Waals surface area contributed by atoms with Gasteiger partial charge in [0.15, 0.2) is 11.6 Å². The molecule has 0 fully saturated rings.